The molecule has 5 heteroatoms. The fourth-order valence-electron chi connectivity index (χ4n) is 1.04. The van der Waals surface area contributed by atoms with Crippen LogP contribution in [-0.4, -0.2) is 29.1 Å². The van der Waals surface area contributed by atoms with Crippen LogP contribution >= 0.6 is 0 Å². The Kier molecular flexibility index (Phi) is 3.17. The van der Waals surface area contributed by atoms with E-state index >= 15 is 0 Å². The van der Waals surface area contributed by atoms with Crippen molar-refractivity contribution in [3.05, 3.63) is 30.1 Å². The van der Waals surface area contributed by atoms with Gasteiger partial charge in [-0.2, -0.15) is 0 Å². The number of aliphatic carboxylic acids is 1. The molecule has 0 saturated carbocycles. The topological polar surface area (TPSA) is 76.5 Å². The standard InChI is InChI=1S/C9H9NO4/c1-14-9(13)7(8(11)12)6-3-2-4-10-5-6/h2-5,7H,1H3,(H,11,12). The SMILES string of the molecule is COC(=O)C(C(=O)O)c1cccnc1. The number of methoxy groups -OCH3 is 1. The van der Waals surface area contributed by atoms with Gasteiger partial charge < -0.3 is 9.84 Å². The van der Waals surface area contributed by atoms with E-state index in [2.05, 4.69) is 9.72 Å². The number of carboxylic acid groups (broad SMARTS) is 1. The van der Waals surface area contributed by atoms with Gasteiger partial charge in [-0.15, -0.1) is 0 Å². The molecular weight excluding hydrogens is 186 g/mol. The summed E-state index contributed by atoms with van der Waals surface area (Å²) in [6.07, 6.45) is 2.83. The summed E-state index contributed by atoms with van der Waals surface area (Å²) in [6.45, 7) is 0. The summed E-state index contributed by atoms with van der Waals surface area (Å²) < 4.78 is 4.38. The fraction of sp³-hybridized carbons (Fsp3) is 0.222. The van der Waals surface area contributed by atoms with Gasteiger partial charge in [0.15, 0.2) is 5.92 Å². The number of aromatic nitrogens is 1. The maximum atomic E-state index is 11.1. The van der Waals surface area contributed by atoms with E-state index in [4.69, 9.17) is 5.11 Å². The molecule has 0 aliphatic rings. The molecule has 0 fully saturated rings. The molecule has 1 N–H and O–H groups in total. The van der Waals surface area contributed by atoms with Crippen LogP contribution in [0.3, 0.4) is 0 Å². The Morgan fingerprint density at radius 3 is 2.71 bits per heavy atom. The molecule has 74 valence electrons. The molecule has 0 amide bonds. The predicted molar refractivity (Wildman–Crippen MR) is 46.6 cm³/mol. The minimum Gasteiger partial charge on any atom is -0.480 e. The van der Waals surface area contributed by atoms with Crippen molar-refractivity contribution >= 4 is 11.9 Å². The second-order valence-corrected chi connectivity index (χ2v) is 2.58. The average Bonchev–Trinajstić information content (AvgIpc) is 2.19. The van der Waals surface area contributed by atoms with Crippen LogP contribution in [0.25, 0.3) is 0 Å². The van der Waals surface area contributed by atoms with Crippen molar-refractivity contribution in [1.29, 1.82) is 0 Å². The second-order valence-electron chi connectivity index (χ2n) is 2.58. The summed E-state index contributed by atoms with van der Waals surface area (Å²) in [5.41, 5.74) is 0.312. The van der Waals surface area contributed by atoms with Crippen molar-refractivity contribution < 1.29 is 19.4 Å². The number of carboxylic acids is 1. The third kappa shape index (κ3) is 2.07. The van der Waals surface area contributed by atoms with Crippen molar-refractivity contribution in [1.82, 2.24) is 4.98 Å². The van der Waals surface area contributed by atoms with Gasteiger partial charge in [0.2, 0.25) is 0 Å². The van der Waals surface area contributed by atoms with Crippen LogP contribution in [0.15, 0.2) is 24.5 Å². The van der Waals surface area contributed by atoms with E-state index < -0.39 is 17.9 Å². The van der Waals surface area contributed by atoms with Crippen molar-refractivity contribution in [2.45, 2.75) is 5.92 Å². The van der Waals surface area contributed by atoms with E-state index in [0.717, 1.165) is 7.11 Å². The Morgan fingerprint density at radius 1 is 1.57 bits per heavy atom. The van der Waals surface area contributed by atoms with Crippen molar-refractivity contribution in [2.75, 3.05) is 7.11 Å². The summed E-state index contributed by atoms with van der Waals surface area (Å²) in [5.74, 6) is -3.34. The van der Waals surface area contributed by atoms with Crippen LogP contribution in [0.2, 0.25) is 0 Å². The van der Waals surface area contributed by atoms with E-state index in [9.17, 15) is 9.59 Å². The predicted octanol–water partition coefficient (Wildman–Crippen LogP) is 0.423. The zero-order valence-electron chi connectivity index (χ0n) is 7.51. The average molecular weight is 195 g/mol. The van der Waals surface area contributed by atoms with Crippen molar-refractivity contribution in [3.63, 3.8) is 0 Å². The molecule has 0 bridgehead atoms. The van der Waals surface area contributed by atoms with Gasteiger partial charge in [0.05, 0.1) is 7.11 Å². The molecule has 0 aliphatic carbocycles. The highest BCUT2D eigenvalue weighted by atomic mass is 16.5. The van der Waals surface area contributed by atoms with Crippen molar-refractivity contribution in [3.8, 4) is 0 Å². The summed E-state index contributed by atoms with van der Waals surface area (Å²) in [4.78, 5) is 25.6. The zero-order valence-corrected chi connectivity index (χ0v) is 7.51. The normalized spacial score (nSPS) is 11.8. The van der Waals surface area contributed by atoms with Crippen LogP contribution in [0.4, 0.5) is 0 Å². The first-order valence-corrected chi connectivity index (χ1v) is 3.87. The Bertz CT molecular complexity index is 336. The fourth-order valence-corrected chi connectivity index (χ4v) is 1.04. The van der Waals surface area contributed by atoms with Gasteiger partial charge in [0, 0.05) is 12.4 Å². The monoisotopic (exact) mass is 195 g/mol. The van der Waals surface area contributed by atoms with Gasteiger partial charge >= 0.3 is 11.9 Å². The molecule has 1 atom stereocenters. The number of hydrogen-bond acceptors (Lipinski definition) is 4. The van der Waals surface area contributed by atoms with Crippen LogP contribution in [0.1, 0.15) is 11.5 Å². The lowest BCUT2D eigenvalue weighted by Crippen LogP contribution is -2.22. The molecule has 5 nitrogen and oxygen atoms in total. The molecule has 0 spiro atoms. The quantitative estimate of drug-likeness (QED) is 0.558. The molecule has 0 saturated heterocycles. The number of carbonyl (C=O) groups excluding carboxylic acids is 1. The number of esters is 1. The van der Waals surface area contributed by atoms with Gasteiger partial charge in [0.25, 0.3) is 0 Å². The lowest BCUT2D eigenvalue weighted by molar-refractivity contribution is -0.152. The van der Waals surface area contributed by atoms with Gasteiger partial charge in [-0.3, -0.25) is 14.6 Å². The highest BCUT2D eigenvalue weighted by molar-refractivity contribution is 5.99. The Morgan fingerprint density at radius 2 is 2.29 bits per heavy atom. The van der Waals surface area contributed by atoms with Crippen LogP contribution in [0.5, 0.6) is 0 Å². The lowest BCUT2D eigenvalue weighted by atomic mass is 10.0. The molecule has 1 unspecified atom stereocenters. The van der Waals surface area contributed by atoms with Gasteiger partial charge in [-0.25, -0.2) is 0 Å². The van der Waals surface area contributed by atoms with E-state index in [1.807, 2.05) is 0 Å². The molecular formula is C9H9NO4. The number of nitrogens with zero attached hydrogens (tertiary/aromatic N) is 1. The third-order valence-corrected chi connectivity index (χ3v) is 1.70. The molecule has 0 aliphatic heterocycles. The smallest absolute Gasteiger partial charge is 0.324 e. The number of rotatable bonds is 3. The largest absolute Gasteiger partial charge is 0.480 e. The highest BCUT2D eigenvalue weighted by Gasteiger charge is 2.29. The minimum atomic E-state index is -1.30. The number of pyridine rings is 1. The maximum absolute atomic E-state index is 11.1. The molecule has 1 aromatic heterocycles. The van der Waals surface area contributed by atoms with E-state index in [1.54, 1.807) is 6.07 Å². The molecule has 1 aromatic rings. The summed E-state index contributed by atoms with van der Waals surface area (Å²) in [5, 5.41) is 8.80. The summed E-state index contributed by atoms with van der Waals surface area (Å²) in [6, 6.07) is 3.08. The number of carbonyl (C=O) groups is 2. The Hall–Kier alpha value is -1.91. The highest BCUT2D eigenvalue weighted by Crippen LogP contribution is 2.15. The third-order valence-electron chi connectivity index (χ3n) is 1.70. The molecule has 1 rings (SSSR count). The zero-order chi connectivity index (χ0) is 10.6. The molecule has 0 aromatic carbocycles. The lowest BCUT2D eigenvalue weighted by Gasteiger charge is -2.08. The first-order valence-electron chi connectivity index (χ1n) is 3.87. The minimum absolute atomic E-state index is 0.312. The van der Waals surface area contributed by atoms with Gasteiger partial charge in [-0.1, -0.05) is 6.07 Å². The number of ether oxygens (including phenoxy) is 1. The molecule has 1 heterocycles. The Balaban J connectivity index is 3.01. The van der Waals surface area contributed by atoms with E-state index in [1.165, 1.54) is 18.5 Å². The maximum Gasteiger partial charge on any atom is 0.324 e. The van der Waals surface area contributed by atoms with Crippen LogP contribution in [0, 0.1) is 0 Å². The van der Waals surface area contributed by atoms with Crippen LogP contribution in [-0.2, 0) is 14.3 Å². The van der Waals surface area contributed by atoms with Crippen LogP contribution < -0.4 is 0 Å². The van der Waals surface area contributed by atoms with E-state index in [-0.39, 0.29) is 0 Å². The van der Waals surface area contributed by atoms with Crippen molar-refractivity contribution in [2.24, 2.45) is 0 Å². The molecule has 14 heavy (non-hydrogen) atoms. The second kappa shape index (κ2) is 4.36. The number of hydrogen-bond donors (Lipinski definition) is 1. The summed E-state index contributed by atoms with van der Waals surface area (Å²) >= 11 is 0. The molecule has 0 radical (unpaired) electrons. The van der Waals surface area contributed by atoms with E-state index in [0.29, 0.717) is 5.56 Å². The first-order chi connectivity index (χ1) is 6.66. The Labute approximate surface area is 80.3 Å². The summed E-state index contributed by atoms with van der Waals surface area (Å²) in [7, 11) is 1.15. The first kappa shape index (κ1) is 10.2. The van der Waals surface area contributed by atoms with Gasteiger partial charge in [0.1, 0.15) is 0 Å². The van der Waals surface area contributed by atoms with Gasteiger partial charge in [-0.05, 0) is 11.6 Å².